The molecular formula is C9H11BrN3OS+. The first-order chi connectivity index (χ1) is 7.22. The number of hydrogen-bond acceptors (Lipinski definition) is 2. The molecule has 0 amide bonds. The minimum Gasteiger partial charge on any atom is -0.444 e. The van der Waals surface area contributed by atoms with Gasteiger partial charge in [-0.1, -0.05) is 6.08 Å². The average Bonchev–Trinajstić information content (AvgIpc) is 2.61. The highest BCUT2D eigenvalue weighted by Gasteiger charge is 1.98. The number of nitrogens with one attached hydrogen (secondary N) is 3. The maximum atomic E-state index is 5.23. The van der Waals surface area contributed by atoms with Gasteiger partial charge in [0, 0.05) is 6.54 Å². The third-order valence-electron chi connectivity index (χ3n) is 1.40. The number of halogens is 1. The SMILES string of the molecule is C=CCNC(=S)N[NH+]=Cc1ccc(Br)o1. The molecule has 0 aliphatic heterocycles. The maximum Gasteiger partial charge on any atom is 0.233 e. The Morgan fingerprint density at radius 3 is 3.07 bits per heavy atom. The molecule has 1 aromatic rings. The van der Waals surface area contributed by atoms with Crippen LogP contribution in [-0.4, -0.2) is 17.9 Å². The van der Waals surface area contributed by atoms with Crippen molar-refractivity contribution < 1.29 is 9.52 Å². The number of thiocarbonyl (C=S) groups is 1. The molecule has 0 spiro atoms. The maximum absolute atomic E-state index is 5.23. The summed E-state index contributed by atoms with van der Waals surface area (Å²) in [6.45, 7) is 4.19. The molecule has 3 N–H and O–H groups in total. The molecule has 0 aliphatic carbocycles. The Morgan fingerprint density at radius 2 is 2.47 bits per heavy atom. The number of hydrazone groups is 1. The van der Waals surface area contributed by atoms with Crippen LogP contribution in [0.25, 0.3) is 0 Å². The number of rotatable bonds is 4. The van der Waals surface area contributed by atoms with Gasteiger partial charge in [0.25, 0.3) is 0 Å². The molecular weight excluding hydrogens is 278 g/mol. The predicted octanol–water partition coefficient (Wildman–Crippen LogP) is 0.107. The lowest BCUT2D eigenvalue weighted by atomic mass is 10.5. The van der Waals surface area contributed by atoms with Crippen molar-refractivity contribution >= 4 is 39.5 Å². The van der Waals surface area contributed by atoms with Crippen LogP contribution in [0, 0.1) is 0 Å². The van der Waals surface area contributed by atoms with Crippen LogP contribution >= 0.6 is 28.1 Å². The molecule has 0 fully saturated rings. The van der Waals surface area contributed by atoms with Crippen molar-refractivity contribution in [3.05, 3.63) is 35.2 Å². The molecule has 0 radical (unpaired) electrons. The zero-order chi connectivity index (χ0) is 11.1. The van der Waals surface area contributed by atoms with E-state index in [0.717, 1.165) is 0 Å². The quantitative estimate of drug-likeness (QED) is 0.319. The number of hydrazine groups is 1. The molecule has 0 saturated heterocycles. The molecule has 1 aromatic heterocycles. The van der Waals surface area contributed by atoms with Crippen molar-refractivity contribution in [2.45, 2.75) is 0 Å². The van der Waals surface area contributed by atoms with E-state index in [1.54, 1.807) is 12.3 Å². The van der Waals surface area contributed by atoms with Crippen molar-refractivity contribution in [1.82, 2.24) is 10.7 Å². The number of hydrogen-bond donors (Lipinski definition) is 3. The van der Waals surface area contributed by atoms with Crippen molar-refractivity contribution in [2.24, 2.45) is 0 Å². The van der Waals surface area contributed by atoms with Crippen LogP contribution in [0.4, 0.5) is 0 Å². The molecule has 1 heterocycles. The Kier molecular flexibility index (Phi) is 5.06. The summed E-state index contributed by atoms with van der Waals surface area (Å²) < 4.78 is 5.91. The lowest BCUT2D eigenvalue weighted by Crippen LogP contribution is -2.82. The van der Waals surface area contributed by atoms with E-state index in [9.17, 15) is 0 Å². The van der Waals surface area contributed by atoms with E-state index < -0.39 is 0 Å². The summed E-state index contributed by atoms with van der Waals surface area (Å²) in [6.07, 6.45) is 3.38. The Morgan fingerprint density at radius 1 is 1.67 bits per heavy atom. The zero-order valence-electron chi connectivity index (χ0n) is 7.92. The third kappa shape index (κ3) is 4.75. The standard InChI is InChI=1S/C9H10BrN3OS/c1-2-5-11-9(15)13-12-6-7-3-4-8(10)14-7/h2-4,6H,1,5H2,(H2,11,13,15)/p+1. The van der Waals surface area contributed by atoms with Crippen LogP contribution in [0.5, 0.6) is 0 Å². The lowest BCUT2D eigenvalue weighted by Gasteiger charge is -1.98. The van der Waals surface area contributed by atoms with E-state index in [1.807, 2.05) is 12.1 Å². The van der Waals surface area contributed by atoms with Gasteiger partial charge in [-0.2, -0.15) is 0 Å². The van der Waals surface area contributed by atoms with Crippen molar-refractivity contribution in [3.8, 4) is 0 Å². The monoisotopic (exact) mass is 288 g/mol. The summed E-state index contributed by atoms with van der Waals surface area (Å²) in [5.74, 6) is 0.695. The first-order valence-electron chi connectivity index (χ1n) is 4.21. The van der Waals surface area contributed by atoms with Gasteiger partial charge in [-0.15, -0.1) is 17.1 Å². The summed E-state index contributed by atoms with van der Waals surface area (Å²) in [5, 5.41) is 6.20. The first kappa shape index (κ1) is 11.9. The van der Waals surface area contributed by atoms with Crippen LogP contribution in [-0.2, 0) is 0 Å². The van der Waals surface area contributed by atoms with E-state index in [4.69, 9.17) is 16.6 Å². The average molecular weight is 289 g/mol. The highest BCUT2D eigenvalue weighted by molar-refractivity contribution is 9.10. The van der Waals surface area contributed by atoms with Gasteiger partial charge in [-0.25, -0.2) is 0 Å². The van der Waals surface area contributed by atoms with Crippen molar-refractivity contribution in [1.29, 1.82) is 0 Å². The van der Waals surface area contributed by atoms with Crippen LogP contribution in [0.15, 0.2) is 33.9 Å². The first-order valence-corrected chi connectivity index (χ1v) is 5.41. The Balaban J connectivity index is 2.33. The second-order valence-corrected chi connectivity index (χ2v) is 3.74. The van der Waals surface area contributed by atoms with Gasteiger partial charge in [0.05, 0.1) is 0 Å². The van der Waals surface area contributed by atoms with E-state index in [1.165, 1.54) is 0 Å². The fraction of sp³-hybridized carbons (Fsp3) is 0.111. The Bertz CT molecular complexity index is 375. The normalized spacial score (nSPS) is 10.2. The van der Waals surface area contributed by atoms with E-state index >= 15 is 0 Å². The van der Waals surface area contributed by atoms with Gasteiger partial charge in [-0.05, 0) is 40.3 Å². The molecule has 0 aromatic carbocycles. The van der Waals surface area contributed by atoms with Gasteiger partial charge in [0.1, 0.15) is 0 Å². The molecule has 1 rings (SSSR count). The van der Waals surface area contributed by atoms with Crippen LogP contribution < -0.4 is 15.8 Å². The summed E-state index contributed by atoms with van der Waals surface area (Å²) >= 11 is 8.15. The van der Waals surface area contributed by atoms with Crippen LogP contribution in [0.3, 0.4) is 0 Å². The molecule has 0 bridgehead atoms. The van der Waals surface area contributed by atoms with Crippen LogP contribution in [0.2, 0.25) is 0 Å². The van der Waals surface area contributed by atoms with Gasteiger partial charge in [0.2, 0.25) is 11.3 Å². The molecule has 4 nitrogen and oxygen atoms in total. The van der Waals surface area contributed by atoms with Gasteiger partial charge in [-0.3, -0.25) is 0 Å². The van der Waals surface area contributed by atoms with Crippen molar-refractivity contribution in [2.75, 3.05) is 6.54 Å². The summed E-state index contributed by atoms with van der Waals surface area (Å²) in [5.41, 5.74) is 2.77. The summed E-state index contributed by atoms with van der Waals surface area (Å²) in [4.78, 5) is 0. The molecule has 0 atom stereocenters. The molecule has 0 aliphatic rings. The fourth-order valence-electron chi connectivity index (χ4n) is 0.788. The summed E-state index contributed by atoms with van der Waals surface area (Å²) in [7, 11) is 0. The third-order valence-corrected chi connectivity index (χ3v) is 2.07. The number of furan rings is 1. The Labute approximate surface area is 102 Å². The Hall–Kier alpha value is -1.14. The van der Waals surface area contributed by atoms with Gasteiger partial charge in [0.15, 0.2) is 10.4 Å². The topological polar surface area (TPSA) is 51.2 Å². The lowest BCUT2D eigenvalue weighted by molar-refractivity contribution is -0.500. The molecule has 6 heteroatoms. The second kappa shape index (κ2) is 6.36. The largest absolute Gasteiger partial charge is 0.444 e. The molecule has 0 unspecified atom stereocenters. The predicted molar refractivity (Wildman–Crippen MR) is 66.5 cm³/mol. The molecule has 80 valence electrons. The summed E-state index contributed by atoms with van der Waals surface area (Å²) in [6, 6.07) is 3.63. The van der Waals surface area contributed by atoms with E-state index in [0.29, 0.717) is 22.1 Å². The highest BCUT2D eigenvalue weighted by atomic mass is 79.9. The highest BCUT2D eigenvalue weighted by Crippen LogP contribution is 2.11. The van der Waals surface area contributed by atoms with Crippen molar-refractivity contribution in [3.63, 3.8) is 0 Å². The zero-order valence-corrected chi connectivity index (χ0v) is 10.3. The van der Waals surface area contributed by atoms with E-state index in [-0.39, 0.29) is 0 Å². The minimum atomic E-state index is 0.497. The minimum absolute atomic E-state index is 0.497. The fourth-order valence-corrected chi connectivity index (χ4v) is 1.25. The van der Waals surface area contributed by atoms with Gasteiger partial charge >= 0.3 is 0 Å². The van der Waals surface area contributed by atoms with Gasteiger partial charge < -0.3 is 9.73 Å². The van der Waals surface area contributed by atoms with E-state index in [2.05, 4.69) is 38.4 Å². The molecule has 0 saturated carbocycles. The second-order valence-electron chi connectivity index (χ2n) is 2.55. The van der Waals surface area contributed by atoms with Crippen LogP contribution in [0.1, 0.15) is 5.76 Å². The molecule has 15 heavy (non-hydrogen) atoms. The smallest absolute Gasteiger partial charge is 0.233 e.